The van der Waals surface area contributed by atoms with E-state index in [1.54, 1.807) is 0 Å². The van der Waals surface area contributed by atoms with Crippen LogP contribution in [0.3, 0.4) is 0 Å². The minimum Gasteiger partial charge on any atom is -0.462 e. The minimum absolute atomic E-state index is 0.0512. The molecular weight excluding hydrogens is 152 g/mol. The van der Waals surface area contributed by atoms with Gasteiger partial charge in [-0.2, -0.15) is 0 Å². The van der Waals surface area contributed by atoms with Crippen molar-refractivity contribution in [2.24, 2.45) is 5.92 Å². The van der Waals surface area contributed by atoms with E-state index in [9.17, 15) is 4.79 Å². The van der Waals surface area contributed by atoms with Crippen LogP contribution in [0.1, 0.15) is 40.5 Å². The summed E-state index contributed by atoms with van der Waals surface area (Å²) in [6.45, 7) is 7.96. The average molecular weight is 171 g/mol. The Morgan fingerprint density at radius 3 is 2.42 bits per heavy atom. The van der Waals surface area contributed by atoms with Gasteiger partial charge in [0.15, 0.2) is 0 Å². The molecule has 71 valence electrons. The van der Waals surface area contributed by atoms with Crippen LogP contribution in [-0.2, 0) is 9.53 Å². The fourth-order valence-electron chi connectivity index (χ4n) is 0.741. The molecule has 0 amide bonds. The topological polar surface area (TPSA) is 26.3 Å². The summed E-state index contributed by atoms with van der Waals surface area (Å²) in [5.41, 5.74) is 0. The van der Waals surface area contributed by atoms with Crippen LogP contribution in [0.15, 0.2) is 0 Å². The van der Waals surface area contributed by atoms with Crippen molar-refractivity contribution < 1.29 is 9.53 Å². The first-order chi connectivity index (χ1) is 5.56. The fourth-order valence-corrected chi connectivity index (χ4v) is 0.741. The zero-order valence-electron chi connectivity index (χ0n) is 8.46. The maximum atomic E-state index is 11.1. The maximum Gasteiger partial charge on any atom is 0.306 e. The van der Waals surface area contributed by atoms with E-state index in [0.29, 0.717) is 12.3 Å². The van der Waals surface area contributed by atoms with Crippen LogP contribution < -0.4 is 0 Å². The molecule has 0 aliphatic rings. The van der Waals surface area contributed by atoms with Crippen molar-refractivity contribution >= 4 is 5.97 Å². The summed E-state index contributed by atoms with van der Waals surface area (Å²) in [6.07, 6.45) is 3.27. The van der Waals surface area contributed by atoms with E-state index in [2.05, 4.69) is 13.8 Å². The molecule has 0 rings (SSSR count). The van der Waals surface area contributed by atoms with Crippen LogP contribution >= 0.6 is 0 Å². The highest BCUT2D eigenvalue weighted by atomic mass is 16.5. The molecule has 0 aromatic rings. The average Bonchev–Trinajstić information content (AvgIpc) is 2.00. The molecule has 0 saturated carbocycles. The van der Waals surface area contributed by atoms with Crippen molar-refractivity contribution in [1.29, 1.82) is 0 Å². The summed E-state index contributed by atoms with van der Waals surface area (Å²) in [6, 6.07) is 0. The van der Waals surface area contributed by atoms with E-state index in [4.69, 9.17) is 4.74 Å². The van der Waals surface area contributed by atoms with Crippen LogP contribution in [-0.4, -0.2) is 12.1 Å². The van der Waals surface area contributed by atoms with Crippen molar-refractivity contribution in [1.82, 2.24) is 0 Å². The van der Waals surface area contributed by atoms with Crippen molar-refractivity contribution in [3.8, 4) is 0 Å². The third-order valence-corrected chi connectivity index (χ3v) is 1.71. The molecule has 0 aromatic heterocycles. The molecule has 1 atom stereocenters. The molecule has 0 aliphatic heterocycles. The minimum atomic E-state index is -0.0886. The van der Waals surface area contributed by atoms with Gasteiger partial charge in [0.05, 0.1) is 0 Å². The molecule has 0 unspecified atom stereocenters. The third kappa shape index (κ3) is 6.20. The van der Waals surface area contributed by atoms with Crippen molar-refractivity contribution in [3.63, 3.8) is 0 Å². The van der Waals surface area contributed by atoms with Gasteiger partial charge in [-0.3, -0.25) is 4.79 Å². The summed E-state index contributed by atoms with van der Waals surface area (Å²) < 4.78 is 5.06. The monoisotopic (exact) mass is 171 g/mol. The highest BCUT2D eigenvalue weighted by Crippen LogP contribution is 2.06. The van der Waals surface area contributed by atoms with E-state index >= 15 is 0 Å². The van der Waals surface area contributed by atoms with Crippen LogP contribution in [0, 0.1) is 12.3 Å². The van der Waals surface area contributed by atoms with Gasteiger partial charge >= 0.3 is 5.97 Å². The summed E-state index contributed by atoms with van der Waals surface area (Å²) in [5, 5.41) is 0. The van der Waals surface area contributed by atoms with Crippen molar-refractivity contribution in [2.75, 3.05) is 0 Å². The van der Waals surface area contributed by atoms with Gasteiger partial charge in [0.1, 0.15) is 6.10 Å². The fraction of sp³-hybridized carbons (Fsp3) is 0.800. The lowest BCUT2D eigenvalue weighted by molar-refractivity contribution is -0.147. The van der Waals surface area contributed by atoms with E-state index in [1.165, 1.54) is 0 Å². The number of esters is 1. The van der Waals surface area contributed by atoms with Crippen LogP contribution in [0.5, 0.6) is 0 Å². The summed E-state index contributed by atoms with van der Waals surface area (Å²) in [4.78, 5) is 11.1. The molecule has 0 aromatic carbocycles. The standard InChI is InChI=1S/C10H19O2/c1-5-9(4)12-10(11)7-6-8(2)3/h5,8-9H,6-7H2,1-4H3/t9-/m1/s1. The van der Waals surface area contributed by atoms with Gasteiger partial charge in [0, 0.05) is 6.42 Å². The molecule has 1 radical (unpaired) electrons. The molecule has 0 fully saturated rings. The summed E-state index contributed by atoms with van der Waals surface area (Å²) in [7, 11) is 0. The Labute approximate surface area is 75.3 Å². The molecule has 0 spiro atoms. The van der Waals surface area contributed by atoms with Crippen molar-refractivity contribution in [2.45, 2.75) is 46.6 Å². The number of carbonyl (C=O) groups is 1. The molecule has 2 heteroatoms. The van der Waals surface area contributed by atoms with Gasteiger partial charge in [0.2, 0.25) is 0 Å². The molecule has 12 heavy (non-hydrogen) atoms. The SMILES string of the molecule is C[CH][C@@H](C)OC(=O)CCC(C)C. The molecule has 0 N–H and O–H groups in total. The molecule has 0 heterocycles. The molecule has 0 bridgehead atoms. The highest BCUT2D eigenvalue weighted by molar-refractivity contribution is 5.69. The van der Waals surface area contributed by atoms with Gasteiger partial charge in [-0.25, -0.2) is 0 Å². The van der Waals surface area contributed by atoms with Gasteiger partial charge in [0.25, 0.3) is 0 Å². The zero-order chi connectivity index (χ0) is 9.56. The summed E-state index contributed by atoms with van der Waals surface area (Å²) >= 11 is 0. The second-order valence-electron chi connectivity index (χ2n) is 3.46. The lowest BCUT2D eigenvalue weighted by atomic mass is 10.1. The molecule has 0 aliphatic carbocycles. The Bertz CT molecular complexity index is 130. The molecule has 0 saturated heterocycles. The van der Waals surface area contributed by atoms with Crippen LogP contribution in [0.4, 0.5) is 0 Å². The number of hydrogen-bond donors (Lipinski definition) is 0. The smallest absolute Gasteiger partial charge is 0.306 e. The second-order valence-corrected chi connectivity index (χ2v) is 3.46. The normalized spacial score (nSPS) is 13.1. The first kappa shape index (κ1) is 11.5. The van der Waals surface area contributed by atoms with Crippen molar-refractivity contribution in [3.05, 3.63) is 6.42 Å². The van der Waals surface area contributed by atoms with Gasteiger partial charge in [-0.05, 0) is 25.7 Å². The van der Waals surface area contributed by atoms with E-state index in [-0.39, 0.29) is 12.1 Å². The Kier molecular flexibility index (Phi) is 5.77. The lowest BCUT2D eigenvalue weighted by Crippen LogP contribution is -2.14. The first-order valence-corrected chi connectivity index (χ1v) is 4.55. The van der Waals surface area contributed by atoms with Crippen LogP contribution in [0.2, 0.25) is 0 Å². The maximum absolute atomic E-state index is 11.1. The number of hydrogen-bond acceptors (Lipinski definition) is 2. The largest absolute Gasteiger partial charge is 0.462 e. The Hall–Kier alpha value is -0.530. The Morgan fingerprint density at radius 2 is 2.00 bits per heavy atom. The number of ether oxygens (including phenoxy) is 1. The van der Waals surface area contributed by atoms with E-state index < -0.39 is 0 Å². The first-order valence-electron chi connectivity index (χ1n) is 4.55. The quantitative estimate of drug-likeness (QED) is 0.594. The van der Waals surface area contributed by atoms with Gasteiger partial charge in [-0.1, -0.05) is 20.8 Å². The summed E-state index contributed by atoms with van der Waals surface area (Å²) in [5.74, 6) is 0.479. The Balaban J connectivity index is 3.46. The lowest BCUT2D eigenvalue weighted by Gasteiger charge is -2.10. The highest BCUT2D eigenvalue weighted by Gasteiger charge is 2.07. The molecular formula is C10H19O2. The number of carbonyl (C=O) groups excluding carboxylic acids is 1. The van der Waals surface area contributed by atoms with Gasteiger partial charge in [-0.15, -0.1) is 0 Å². The second kappa shape index (κ2) is 6.04. The van der Waals surface area contributed by atoms with E-state index in [1.807, 2.05) is 20.3 Å². The zero-order valence-corrected chi connectivity index (χ0v) is 8.46. The van der Waals surface area contributed by atoms with Crippen LogP contribution in [0.25, 0.3) is 0 Å². The number of rotatable bonds is 5. The van der Waals surface area contributed by atoms with Gasteiger partial charge < -0.3 is 4.74 Å². The third-order valence-electron chi connectivity index (χ3n) is 1.71. The predicted octanol–water partition coefficient (Wildman–Crippen LogP) is 2.58. The Morgan fingerprint density at radius 1 is 1.42 bits per heavy atom. The molecule has 2 nitrogen and oxygen atoms in total. The van der Waals surface area contributed by atoms with E-state index in [0.717, 1.165) is 6.42 Å². The predicted molar refractivity (Wildman–Crippen MR) is 49.6 cm³/mol.